The first-order valence-electron chi connectivity index (χ1n) is 8.39. The quantitative estimate of drug-likeness (QED) is 0.535. The maximum atomic E-state index is 14.4. The second kappa shape index (κ2) is 6.56. The lowest BCUT2D eigenvalue weighted by atomic mass is 10.0. The van der Waals surface area contributed by atoms with Gasteiger partial charge in [-0.2, -0.15) is 0 Å². The molecule has 1 heterocycles. The van der Waals surface area contributed by atoms with Crippen LogP contribution in [-0.2, 0) is 6.54 Å². The van der Waals surface area contributed by atoms with Gasteiger partial charge in [0.25, 0.3) is 5.91 Å². The molecule has 26 heavy (non-hydrogen) atoms. The summed E-state index contributed by atoms with van der Waals surface area (Å²) in [5.41, 5.74) is 1.09. The topological polar surface area (TPSA) is 33.2 Å². The summed E-state index contributed by atoms with van der Waals surface area (Å²) in [7, 11) is 1.69. The Balaban J connectivity index is 1.72. The number of carbonyl (C=O) groups is 1. The molecule has 128 valence electrons. The molecule has 3 aromatic carbocycles. The van der Waals surface area contributed by atoms with Crippen LogP contribution in [0, 0.1) is 5.82 Å². The lowest BCUT2D eigenvalue weighted by Crippen LogP contribution is -2.27. The standard InChI is InChI=1S/C22H17FN2O/c1-25(14-17-7-4-6-15-5-2-3-8-18(15)17)22(26)21-19-13-24-12-11-16(19)9-10-20(21)23/h2-13H,14H2,1H3. The maximum absolute atomic E-state index is 14.4. The Hall–Kier alpha value is -3.27. The summed E-state index contributed by atoms with van der Waals surface area (Å²) >= 11 is 0. The van der Waals surface area contributed by atoms with Crippen LogP contribution < -0.4 is 0 Å². The SMILES string of the molecule is CN(Cc1cccc2ccccc12)C(=O)c1c(F)ccc2ccncc12. The highest BCUT2D eigenvalue weighted by atomic mass is 19.1. The molecule has 0 fully saturated rings. The zero-order valence-corrected chi connectivity index (χ0v) is 14.3. The predicted molar refractivity (Wildman–Crippen MR) is 101 cm³/mol. The van der Waals surface area contributed by atoms with E-state index in [9.17, 15) is 9.18 Å². The van der Waals surface area contributed by atoms with Crippen molar-refractivity contribution in [1.29, 1.82) is 0 Å². The Bertz CT molecular complexity index is 1120. The molecule has 3 nitrogen and oxygen atoms in total. The summed E-state index contributed by atoms with van der Waals surface area (Å²) in [5.74, 6) is -0.880. The van der Waals surface area contributed by atoms with Gasteiger partial charge in [0.1, 0.15) is 5.82 Å². The summed E-state index contributed by atoms with van der Waals surface area (Å²) in [6.07, 6.45) is 3.17. The van der Waals surface area contributed by atoms with E-state index in [4.69, 9.17) is 0 Å². The Kier molecular flexibility index (Phi) is 4.09. The van der Waals surface area contributed by atoms with Gasteiger partial charge in [0.2, 0.25) is 0 Å². The van der Waals surface area contributed by atoms with Crippen molar-refractivity contribution < 1.29 is 9.18 Å². The molecule has 0 aliphatic carbocycles. The number of amides is 1. The number of aromatic nitrogens is 1. The third-order valence-electron chi connectivity index (χ3n) is 4.62. The van der Waals surface area contributed by atoms with Crippen molar-refractivity contribution in [2.24, 2.45) is 0 Å². The molecule has 0 aliphatic rings. The van der Waals surface area contributed by atoms with Crippen LogP contribution in [0.4, 0.5) is 4.39 Å². The van der Waals surface area contributed by atoms with E-state index in [0.29, 0.717) is 11.9 Å². The fourth-order valence-corrected chi connectivity index (χ4v) is 3.30. The summed E-state index contributed by atoms with van der Waals surface area (Å²) in [6, 6.07) is 18.8. The zero-order valence-electron chi connectivity index (χ0n) is 14.3. The number of halogens is 1. The molecule has 0 atom stereocenters. The Morgan fingerprint density at radius 1 is 0.962 bits per heavy atom. The van der Waals surface area contributed by atoms with Crippen molar-refractivity contribution in [3.8, 4) is 0 Å². The van der Waals surface area contributed by atoms with Crippen LogP contribution in [0.2, 0.25) is 0 Å². The van der Waals surface area contributed by atoms with Gasteiger partial charge in [-0.1, -0.05) is 48.5 Å². The van der Waals surface area contributed by atoms with E-state index in [1.165, 1.54) is 12.3 Å². The minimum absolute atomic E-state index is 0.0679. The number of pyridine rings is 1. The molecule has 0 spiro atoms. The van der Waals surface area contributed by atoms with Crippen molar-refractivity contribution in [2.75, 3.05) is 7.05 Å². The minimum atomic E-state index is -0.528. The number of hydrogen-bond acceptors (Lipinski definition) is 2. The van der Waals surface area contributed by atoms with Gasteiger partial charge >= 0.3 is 0 Å². The van der Waals surface area contributed by atoms with E-state index in [-0.39, 0.29) is 11.5 Å². The molecular formula is C22H17FN2O. The summed E-state index contributed by atoms with van der Waals surface area (Å²) in [4.78, 5) is 18.6. The molecule has 4 rings (SSSR count). The Labute approximate surface area is 150 Å². The first-order chi connectivity index (χ1) is 12.6. The highest BCUT2D eigenvalue weighted by molar-refractivity contribution is 6.07. The van der Waals surface area contributed by atoms with Crippen molar-refractivity contribution in [3.63, 3.8) is 0 Å². The molecule has 0 saturated carbocycles. The first-order valence-corrected chi connectivity index (χ1v) is 8.39. The first kappa shape index (κ1) is 16.2. The van der Waals surface area contributed by atoms with Gasteiger partial charge < -0.3 is 4.90 Å². The normalized spacial score (nSPS) is 11.0. The molecule has 1 aromatic heterocycles. The van der Waals surface area contributed by atoms with Crippen LogP contribution in [0.1, 0.15) is 15.9 Å². The molecule has 4 heteroatoms. The fourth-order valence-electron chi connectivity index (χ4n) is 3.30. The van der Waals surface area contributed by atoms with E-state index in [1.54, 1.807) is 30.3 Å². The number of nitrogens with zero attached hydrogens (tertiary/aromatic N) is 2. The van der Waals surface area contributed by atoms with Gasteiger partial charge in [-0.15, -0.1) is 0 Å². The highest BCUT2D eigenvalue weighted by Gasteiger charge is 2.20. The molecule has 0 bridgehead atoms. The minimum Gasteiger partial charge on any atom is -0.337 e. The van der Waals surface area contributed by atoms with Crippen molar-refractivity contribution in [2.45, 2.75) is 6.54 Å². The second-order valence-electron chi connectivity index (χ2n) is 6.32. The number of hydrogen-bond donors (Lipinski definition) is 0. The van der Waals surface area contributed by atoms with E-state index in [1.807, 2.05) is 42.5 Å². The lowest BCUT2D eigenvalue weighted by Gasteiger charge is -2.20. The van der Waals surface area contributed by atoms with Gasteiger partial charge in [0.15, 0.2) is 0 Å². The van der Waals surface area contributed by atoms with Crippen LogP contribution in [0.5, 0.6) is 0 Å². The smallest absolute Gasteiger partial charge is 0.257 e. The van der Waals surface area contributed by atoms with Gasteiger partial charge in [-0.05, 0) is 33.9 Å². The molecule has 0 radical (unpaired) electrons. The highest BCUT2D eigenvalue weighted by Crippen LogP contribution is 2.24. The Morgan fingerprint density at radius 2 is 1.73 bits per heavy atom. The number of fused-ring (bicyclic) bond motifs is 2. The Morgan fingerprint density at radius 3 is 2.62 bits per heavy atom. The summed E-state index contributed by atoms with van der Waals surface area (Å²) < 4.78 is 14.4. The van der Waals surface area contributed by atoms with Gasteiger partial charge in [-0.25, -0.2) is 4.39 Å². The summed E-state index contributed by atoms with van der Waals surface area (Å²) in [5, 5.41) is 3.53. The molecular weight excluding hydrogens is 327 g/mol. The van der Waals surface area contributed by atoms with Crippen LogP contribution in [-0.4, -0.2) is 22.8 Å². The monoisotopic (exact) mass is 344 g/mol. The third kappa shape index (κ3) is 2.80. The van der Waals surface area contributed by atoms with Crippen molar-refractivity contribution in [1.82, 2.24) is 9.88 Å². The third-order valence-corrected chi connectivity index (χ3v) is 4.62. The average molecular weight is 344 g/mol. The fraction of sp³-hybridized carbons (Fsp3) is 0.0909. The van der Waals surface area contributed by atoms with Crippen LogP contribution >= 0.6 is 0 Å². The van der Waals surface area contributed by atoms with Gasteiger partial charge in [0.05, 0.1) is 5.56 Å². The van der Waals surface area contributed by atoms with Gasteiger partial charge in [0, 0.05) is 31.4 Å². The van der Waals surface area contributed by atoms with Crippen LogP contribution in [0.15, 0.2) is 73.1 Å². The largest absolute Gasteiger partial charge is 0.337 e. The molecule has 0 saturated heterocycles. The van der Waals surface area contributed by atoms with Crippen LogP contribution in [0.25, 0.3) is 21.5 Å². The molecule has 1 amide bonds. The molecule has 0 unspecified atom stereocenters. The molecule has 0 N–H and O–H groups in total. The average Bonchev–Trinajstić information content (AvgIpc) is 2.67. The van der Waals surface area contributed by atoms with Crippen molar-refractivity contribution in [3.05, 3.63) is 90.0 Å². The predicted octanol–water partition coefficient (Wildman–Crippen LogP) is 4.80. The number of benzene rings is 3. The van der Waals surface area contributed by atoms with E-state index >= 15 is 0 Å². The molecule has 4 aromatic rings. The van der Waals surface area contributed by atoms with Crippen molar-refractivity contribution >= 4 is 27.5 Å². The zero-order chi connectivity index (χ0) is 18.1. The lowest BCUT2D eigenvalue weighted by molar-refractivity contribution is 0.0783. The maximum Gasteiger partial charge on any atom is 0.257 e. The van der Waals surface area contributed by atoms with E-state index < -0.39 is 5.82 Å². The molecule has 0 aliphatic heterocycles. The van der Waals surface area contributed by atoms with E-state index in [2.05, 4.69) is 4.98 Å². The number of rotatable bonds is 3. The van der Waals surface area contributed by atoms with Gasteiger partial charge in [-0.3, -0.25) is 9.78 Å². The number of carbonyl (C=O) groups excluding carboxylic acids is 1. The van der Waals surface area contributed by atoms with Crippen LogP contribution in [0.3, 0.4) is 0 Å². The summed E-state index contributed by atoms with van der Waals surface area (Å²) in [6.45, 7) is 0.399. The van der Waals surface area contributed by atoms with E-state index in [0.717, 1.165) is 21.7 Å². The second-order valence-corrected chi connectivity index (χ2v) is 6.32.